The van der Waals surface area contributed by atoms with Gasteiger partial charge in [0, 0.05) is 25.7 Å². The van der Waals surface area contributed by atoms with Gasteiger partial charge in [-0.1, -0.05) is 26.8 Å². The van der Waals surface area contributed by atoms with Gasteiger partial charge in [0.05, 0.1) is 10.5 Å². The van der Waals surface area contributed by atoms with E-state index in [9.17, 15) is 31.5 Å². The standard InChI is InChI=1S/C18H25F3N2O4S/c1-12-5-6-13(18(19,20)21)9-15(12)28(26,27)22-7-8-23(16(24)25)14(11-22)10-17(2,3)4/h5-6,9,14H,7-8,10-11H2,1-4H3,(H,24,25)/t14-/m0/s1. The maximum Gasteiger partial charge on any atom is 0.416 e. The van der Waals surface area contributed by atoms with Crippen LogP contribution in [0.1, 0.15) is 38.3 Å². The molecule has 1 N–H and O–H groups in total. The molecule has 0 spiro atoms. The summed E-state index contributed by atoms with van der Waals surface area (Å²) >= 11 is 0. The van der Waals surface area contributed by atoms with Crippen molar-refractivity contribution in [1.29, 1.82) is 0 Å². The third-order valence-electron chi connectivity index (χ3n) is 4.67. The highest BCUT2D eigenvalue weighted by Gasteiger charge is 2.39. The molecular formula is C18H25F3N2O4S. The zero-order chi connectivity index (χ0) is 21.5. The number of benzene rings is 1. The fourth-order valence-electron chi connectivity index (χ4n) is 3.37. The molecule has 0 unspecified atom stereocenters. The van der Waals surface area contributed by atoms with E-state index in [1.54, 1.807) is 0 Å². The topological polar surface area (TPSA) is 77.9 Å². The summed E-state index contributed by atoms with van der Waals surface area (Å²) < 4.78 is 66.3. The lowest BCUT2D eigenvalue weighted by Gasteiger charge is -2.41. The van der Waals surface area contributed by atoms with E-state index in [0.717, 1.165) is 16.4 Å². The maximum absolute atomic E-state index is 13.1. The van der Waals surface area contributed by atoms with Gasteiger partial charge in [0.2, 0.25) is 10.0 Å². The first-order chi connectivity index (χ1) is 12.6. The molecule has 1 aliphatic rings. The molecule has 158 valence electrons. The molecule has 0 aromatic heterocycles. The second-order valence-electron chi connectivity index (χ2n) is 8.24. The molecule has 0 bridgehead atoms. The summed E-state index contributed by atoms with van der Waals surface area (Å²) in [6.07, 6.45) is -5.37. The van der Waals surface area contributed by atoms with Gasteiger partial charge < -0.3 is 10.0 Å². The van der Waals surface area contributed by atoms with Crippen molar-refractivity contribution in [1.82, 2.24) is 9.21 Å². The molecule has 0 radical (unpaired) electrons. The number of hydrogen-bond acceptors (Lipinski definition) is 3. The van der Waals surface area contributed by atoms with Crippen molar-refractivity contribution in [2.75, 3.05) is 19.6 Å². The maximum atomic E-state index is 13.1. The minimum absolute atomic E-state index is 0.0344. The van der Waals surface area contributed by atoms with E-state index in [4.69, 9.17) is 0 Å². The monoisotopic (exact) mass is 422 g/mol. The number of piperazine rings is 1. The molecule has 1 aromatic carbocycles. The van der Waals surface area contributed by atoms with Crippen molar-refractivity contribution in [3.63, 3.8) is 0 Å². The number of halogens is 3. The van der Waals surface area contributed by atoms with Gasteiger partial charge in [0.1, 0.15) is 0 Å². The molecule has 10 heteroatoms. The van der Waals surface area contributed by atoms with Gasteiger partial charge in [-0.2, -0.15) is 17.5 Å². The largest absolute Gasteiger partial charge is 0.465 e. The highest BCUT2D eigenvalue weighted by molar-refractivity contribution is 7.89. The van der Waals surface area contributed by atoms with Crippen molar-refractivity contribution >= 4 is 16.1 Å². The third-order valence-corrected chi connectivity index (χ3v) is 6.68. The predicted octanol–water partition coefficient (Wildman–Crippen LogP) is 3.80. The molecule has 1 saturated heterocycles. The fourth-order valence-corrected chi connectivity index (χ4v) is 5.09. The van der Waals surface area contributed by atoms with Crippen LogP contribution in [0.3, 0.4) is 0 Å². The Balaban J connectivity index is 2.40. The van der Waals surface area contributed by atoms with Gasteiger partial charge in [-0.3, -0.25) is 0 Å². The highest BCUT2D eigenvalue weighted by Crippen LogP contribution is 2.34. The number of rotatable bonds is 3. The number of sulfonamides is 1. The number of hydrogen-bond donors (Lipinski definition) is 1. The fraction of sp³-hybridized carbons (Fsp3) is 0.611. The van der Waals surface area contributed by atoms with Crippen LogP contribution in [0.4, 0.5) is 18.0 Å². The summed E-state index contributed by atoms with van der Waals surface area (Å²) in [5, 5.41) is 9.41. The minimum Gasteiger partial charge on any atom is -0.465 e. The van der Waals surface area contributed by atoms with Crippen LogP contribution in [-0.4, -0.2) is 54.5 Å². The van der Waals surface area contributed by atoms with Crippen LogP contribution in [0.25, 0.3) is 0 Å². The Hall–Kier alpha value is -1.81. The molecule has 1 aliphatic heterocycles. The lowest BCUT2D eigenvalue weighted by molar-refractivity contribution is -0.137. The first-order valence-corrected chi connectivity index (χ1v) is 10.2. The molecule has 6 nitrogen and oxygen atoms in total. The molecule has 1 atom stereocenters. The molecule has 0 aliphatic carbocycles. The van der Waals surface area contributed by atoms with Gasteiger partial charge in [-0.05, 0) is 36.5 Å². The Morgan fingerprint density at radius 1 is 1.21 bits per heavy atom. The third kappa shape index (κ3) is 4.96. The lowest BCUT2D eigenvalue weighted by atomic mass is 9.87. The van der Waals surface area contributed by atoms with Crippen molar-refractivity contribution in [3.05, 3.63) is 29.3 Å². The van der Waals surface area contributed by atoms with Crippen LogP contribution in [0.2, 0.25) is 0 Å². The van der Waals surface area contributed by atoms with E-state index < -0.39 is 38.8 Å². The van der Waals surface area contributed by atoms with Crippen LogP contribution in [0.15, 0.2) is 23.1 Å². The average molecular weight is 422 g/mol. The van der Waals surface area contributed by atoms with E-state index in [-0.39, 0.29) is 30.6 Å². The normalized spacial score (nSPS) is 19.7. The summed E-state index contributed by atoms with van der Waals surface area (Å²) in [6, 6.07) is 2.05. The number of amides is 1. The average Bonchev–Trinajstić information content (AvgIpc) is 2.52. The molecule has 1 heterocycles. The van der Waals surface area contributed by atoms with Crippen LogP contribution >= 0.6 is 0 Å². The van der Waals surface area contributed by atoms with E-state index in [1.165, 1.54) is 11.8 Å². The van der Waals surface area contributed by atoms with Crippen molar-refractivity contribution in [3.8, 4) is 0 Å². The van der Waals surface area contributed by atoms with Crippen LogP contribution in [-0.2, 0) is 16.2 Å². The van der Waals surface area contributed by atoms with E-state index in [0.29, 0.717) is 12.5 Å². The van der Waals surface area contributed by atoms with Crippen molar-refractivity contribution in [2.24, 2.45) is 5.41 Å². The second kappa shape index (κ2) is 7.55. The lowest BCUT2D eigenvalue weighted by Crippen LogP contribution is -2.57. The summed E-state index contributed by atoms with van der Waals surface area (Å²) in [6.45, 7) is 6.94. The summed E-state index contributed by atoms with van der Waals surface area (Å²) in [5.41, 5.74) is -1.08. The Morgan fingerprint density at radius 2 is 1.82 bits per heavy atom. The number of aryl methyl sites for hydroxylation is 1. The van der Waals surface area contributed by atoms with Gasteiger partial charge in [-0.25, -0.2) is 13.2 Å². The van der Waals surface area contributed by atoms with Crippen LogP contribution in [0.5, 0.6) is 0 Å². The van der Waals surface area contributed by atoms with E-state index in [2.05, 4.69) is 0 Å². The van der Waals surface area contributed by atoms with Crippen LogP contribution < -0.4 is 0 Å². The number of carbonyl (C=O) groups is 1. The smallest absolute Gasteiger partial charge is 0.416 e. The van der Waals surface area contributed by atoms with Gasteiger partial charge in [-0.15, -0.1) is 0 Å². The Morgan fingerprint density at radius 3 is 2.32 bits per heavy atom. The van der Waals surface area contributed by atoms with E-state index in [1.807, 2.05) is 20.8 Å². The molecule has 28 heavy (non-hydrogen) atoms. The summed E-state index contributed by atoms with van der Waals surface area (Å²) in [7, 11) is -4.20. The van der Waals surface area contributed by atoms with Gasteiger partial charge >= 0.3 is 12.3 Å². The zero-order valence-corrected chi connectivity index (χ0v) is 17.1. The van der Waals surface area contributed by atoms with Crippen molar-refractivity contribution < 1.29 is 31.5 Å². The highest BCUT2D eigenvalue weighted by atomic mass is 32.2. The Bertz CT molecular complexity index is 847. The first kappa shape index (κ1) is 22.5. The molecule has 1 aromatic rings. The first-order valence-electron chi connectivity index (χ1n) is 8.80. The second-order valence-corrected chi connectivity index (χ2v) is 10.1. The quantitative estimate of drug-likeness (QED) is 0.804. The van der Waals surface area contributed by atoms with Crippen LogP contribution in [0, 0.1) is 12.3 Å². The Labute approximate surface area is 163 Å². The number of nitrogens with zero attached hydrogens (tertiary/aromatic N) is 2. The molecule has 0 saturated carbocycles. The van der Waals surface area contributed by atoms with E-state index >= 15 is 0 Å². The number of carboxylic acid groups (broad SMARTS) is 1. The summed E-state index contributed by atoms with van der Waals surface area (Å²) in [4.78, 5) is 12.3. The zero-order valence-electron chi connectivity index (χ0n) is 16.2. The predicted molar refractivity (Wildman–Crippen MR) is 97.5 cm³/mol. The molecular weight excluding hydrogens is 397 g/mol. The molecule has 1 amide bonds. The van der Waals surface area contributed by atoms with Gasteiger partial charge in [0.25, 0.3) is 0 Å². The number of alkyl halides is 3. The van der Waals surface area contributed by atoms with Crippen molar-refractivity contribution in [2.45, 2.75) is 51.2 Å². The SMILES string of the molecule is Cc1ccc(C(F)(F)F)cc1S(=O)(=O)N1CCN(C(=O)O)[C@@H](CC(C)(C)C)C1. The summed E-state index contributed by atoms with van der Waals surface area (Å²) in [5.74, 6) is 0. The minimum atomic E-state index is -4.66. The van der Waals surface area contributed by atoms with Gasteiger partial charge in [0.15, 0.2) is 0 Å². The molecule has 2 rings (SSSR count). The molecule has 1 fully saturated rings. The Kier molecular flexibility index (Phi) is 6.06.